The van der Waals surface area contributed by atoms with Crippen molar-refractivity contribution in [2.75, 3.05) is 13.1 Å². The van der Waals surface area contributed by atoms with Crippen LogP contribution in [0.15, 0.2) is 4.99 Å². The Hall–Kier alpha value is -0.860. The van der Waals surface area contributed by atoms with Crippen LogP contribution in [0.1, 0.15) is 51.2 Å². The number of aliphatic imine (C=N–C) groups is 1. The van der Waals surface area contributed by atoms with Crippen LogP contribution in [0.2, 0.25) is 0 Å². The topological polar surface area (TPSA) is 67.1 Å². The zero-order valence-corrected chi connectivity index (χ0v) is 15.4. The summed E-state index contributed by atoms with van der Waals surface area (Å²) in [7, 11) is 0. The lowest BCUT2D eigenvalue weighted by molar-refractivity contribution is 0.671. The fourth-order valence-electron chi connectivity index (χ4n) is 2.40. The highest BCUT2D eigenvalue weighted by Crippen LogP contribution is 2.14. The van der Waals surface area contributed by atoms with Gasteiger partial charge in [0.25, 0.3) is 0 Å². The van der Waals surface area contributed by atoms with Gasteiger partial charge in [0.15, 0.2) is 11.8 Å². The zero-order valence-electron chi connectivity index (χ0n) is 13.1. The average Bonchev–Trinajstić information content (AvgIpc) is 3.04. The summed E-state index contributed by atoms with van der Waals surface area (Å²) in [5, 5.41) is 15.1. The second-order valence-corrected chi connectivity index (χ2v) is 5.12. The Morgan fingerprint density at radius 2 is 2.10 bits per heavy atom. The van der Waals surface area contributed by atoms with Crippen molar-refractivity contribution in [3.8, 4) is 0 Å². The number of halogens is 1. The summed E-state index contributed by atoms with van der Waals surface area (Å²) in [5.41, 5.74) is 0. The number of hydrogen-bond donors (Lipinski definition) is 2. The molecule has 0 fully saturated rings. The van der Waals surface area contributed by atoms with Gasteiger partial charge in [-0.3, -0.25) is 0 Å². The van der Waals surface area contributed by atoms with E-state index in [1.165, 1.54) is 25.7 Å². The molecule has 120 valence electrons. The molecular weight excluding hydrogens is 379 g/mol. The van der Waals surface area contributed by atoms with E-state index >= 15 is 0 Å². The minimum Gasteiger partial charge on any atom is -0.357 e. The highest BCUT2D eigenvalue weighted by molar-refractivity contribution is 14.0. The van der Waals surface area contributed by atoms with Gasteiger partial charge in [-0.25, -0.2) is 4.99 Å². The molecule has 0 atom stereocenters. The van der Waals surface area contributed by atoms with Gasteiger partial charge in [-0.1, -0.05) is 19.8 Å². The molecule has 2 heterocycles. The van der Waals surface area contributed by atoms with Crippen LogP contribution in [-0.4, -0.2) is 33.8 Å². The molecule has 0 saturated heterocycles. The molecule has 1 aliphatic heterocycles. The first-order chi connectivity index (χ1) is 9.85. The third kappa shape index (κ3) is 5.44. The summed E-state index contributed by atoms with van der Waals surface area (Å²) in [4.78, 5) is 4.60. The molecule has 0 saturated carbocycles. The van der Waals surface area contributed by atoms with Crippen molar-refractivity contribution < 1.29 is 0 Å². The van der Waals surface area contributed by atoms with Gasteiger partial charge >= 0.3 is 0 Å². The number of unbranched alkanes of at least 4 members (excludes halogenated alkanes) is 2. The van der Waals surface area contributed by atoms with Crippen molar-refractivity contribution >= 4 is 29.9 Å². The van der Waals surface area contributed by atoms with Crippen LogP contribution >= 0.6 is 24.0 Å². The molecular formula is C14H27IN6. The van der Waals surface area contributed by atoms with Gasteiger partial charge in [-0.05, 0) is 19.8 Å². The molecule has 1 aliphatic rings. The largest absolute Gasteiger partial charge is 0.357 e. The standard InChI is InChI=1S/C14H26N6.HI/c1-3-5-6-9-16-14(15-4-2)17-11-13-19-18-12-8-7-10-20(12)13;/h3-11H2,1-2H3,(H2,15,16,17);1H. The maximum absolute atomic E-state index is 4.60. The lowest BCUT2D eigenvalue weighted by Crippen LogP contribution is -2.37. The van der Waals surface area contributed by atoms with E-state index in [4.69, 9.17) is 0 Å². The minimum atomic E-state index is 0. The SMILES string of the molecule is CCCCCNC(=NCc1nnc2n1CCC2)NCC.I. The third-order valence-corrected chi connectivity index (χ3v) is 3.48. The van der Waals surface area contributed by atoms with E-state index in [0.29, 0.717) is 6.54 Å². The second kappa shape index (κ2) is 9.97. The number of fused-ring (bicyclic) bond motifs is 1. The number of guanidine groups is 1. The molecule has 6 nitrogen and oxygen atoms in total. The van der Waals surface area contributed by atoms with E-state index in [0.717, 1.165) is 43.7 Å². The van der Waals surface area contributed by atoms with Crippen molar-refractivity contribution in [3.63, 3.8) is 0 Å². The van der Waals surface area contributed by atoms with Gasteiger partial charge in [0.2, 0.25) is 0 Å². The molecule has 0 spiro atoms. The number of hydrogen-bond acceptors (Lipinski definition) is 3. The van der Waals surface area contributed by atoms with Gasteiger partial charge in [0.1, 0.15) is 12.4 Å². The molecule has 0 unspecified atom stereocenters. The second-order valence-electron chi connectivity index (χ2n) is 5.12. The monoisotopic (exact) mass is 406 g/mol. The lowest BCUT2D eigenvalue weighted by atomic mass is 10.2. The van der Waals surface area contributed by atoms with Crippen molar-refractivity contribution in [2.24, 2.45) is 4.99 Å². The molecule has 1 aromatic heterocycles. The summed E-state index contributed by atoms with van der Waals surface area (Å²) < 4.78 is 2.20. The van der Waals surface area contributed by atoms with E-state index in [2.05, 4.69) is 44.2 Å². The molecule has 2 N–H and O–H groups in total. The van der Waals surface area contributed by atoms with E-state index < -0.39 is 0 Å². The van der Waals surface area contributed by atoms with E-state index in [-0.39, 0.29) is 24.0 Å². The smallest absolute Gasteiger partial charge is 0.191 e. The summed E-state index contributed by atoms with van der Waals surface area (Å²) in [6, 6.07) is 0. The van der Waals surface area contributed by atoms with Crippen LogP contribution in [0.5, 0.6) is 0 Å². The molecule has 0 bridgehead atoms. The molecule has 21 heavy (non-hydrogen) atoms. The van der Waals surface area contributed by atoms with Gasteiger partial charge < -0.3 is 15.2 Å². The molecule has 0 aromatic carbocycles. The van der Waals surface area contributed by atoms with Crippen LogP contribution in [-0.2, 0) is 19.5 Å². The predicted molar refractivity (Wildman–Crippen MR) is 96.1 cm³/mol. The Kier molecular flexibility index (Phi) is 8.63. The van der Waals surface area contributed by atoms with Crippen LogP contribution in [0.4, 0.5) is 0 Å². The quantitative estimate of drug-likeness (QED) is 0.315. The van der Waals surface area contributed by atoms with Crippen molar-refractivity contribution in [1.29, 1.82) is 0 Å². The number of nitrogens with one attached hydrogen (secondary N) is 2. The Morgan fingerprint density at radius 1 is 1.24 bits per heavy atom. The fourth-order valence-corrected chi connectivity index (χ4v) is 2.40. The minimum absolute atomic E-state index is 0. The maximum atomic E-state index is 4.60. The highest BCUT2D eigenvalue weighted by atomic mass is 127. The number of rotatable bonds is 7. The Balaban J connectivity index is 0.00000220. The first-order valence-corrected chi connectivity index (χ1v) is 7.78. The van der Waals surface area contributed by atoms with E-state index in [1.54, 1.807) is 0 Å². The van der Waals surface area contributed by atoms with Crippen LogP contribution in [0, 0.1) is 0 Å². The van der Waals surface area contributed by atoms with Crippen molar-refractivity contribution in [1.82, 2.24) is 25.4 Å². The van der Waals surface area contributed by atoms with Gasteiger partial charge in [0.05, 0.1) is 0 Å². The zero-order chi connectivity index (χ0) is 14.2. The molecule has 1 aromatic rings. The summed E-state index contributed by atoms with van der Waals surface area (Å²) >= 11 is 0. The maximum Gasteiger partial charge on any atom is 0.191 e. The lowest BCUT2D eigenvalue weighted by Gasteiger charge is -2.10. The predicted octanol–water partition coefficient (Wildman–Crippen LogP) is 2.09. The van der Waals surface area contributed by atoms with Gasteiger partial charge in [-0.15, -0.1) is 34.2 Å². The molecule has 0 radical (unpaired) electrons. The summed E-state index contributed by atoms with van der Waals surface area (Å²) in [5.74, 6) is 2.96. The Morgan fingerprint density at radius 3 is 2.86 bits per heavy atom. The first kappa shape index (κ1) is 18.2. The van der Waals surface area contributed by atoms with Crippen LogP contribution in [0.25, 0.3) is 0 Å². The average molecular weight is 406 g/mol. The number of nitrogens with zero attached hydrogens (tertiary/aromatic N) is 4. The van der Waals surface area contributed by atoms with Crippen molar-refractivity contribution in [2.45, 2.75) is 59.0 Å². The molecule has 2 rings (SSSR count). The number of aromatic nitrogens is 3. The normalized spacial score (nSPS) is 13.7. The summed E-state index contributed by atoms with van der Waals surface area (Å²) in [6.45, 7) is 7.77. The van der Waals surface area contributed by atoms with Crippen LogP contribution in [0.3, 0.4) is 0 Å². The molecule has 0 aliphatic carbocycles. The summed E-state index contributed by atoms with van der Waals surface area (Å²) in [6.07, 6.45) is 5.90. The molecule has 0 amide bonds. The molecule has 7 heteroatoms. The Labute approximate surface area is 144 Å². The van der Waals surface area contributed by atoms with Crippen molar-refractivity contribution in [3.05, 3.63) is 11.6 Å². The van der Waals surface area contributed by atoms with E-state index in [1.807, 2.05) is 0 Å². The first-order valence-electron chi connectivity index (χ1n) is 7.78. The number of aryl methyl sites for hydroxylation is 1. The van der Waals surface area contributed by atoms with E-state index in [9.17, 15) is 0 Å². The third-order valence-electron chi connectivity index (χ3n) is 3.48. The van der Waals surface area contributed by atoms with Gasteiger partial charge in [0, 0.05) is 26.1 Å². The fraction of sp³-hybridized carbons (Fsp3) is 0.786. The van der Waals surface area contributed by atoms with Gasteiger partial charge in [-0.2, -0.15) is 0 Å². The highest BCUT2D eigenvalue weighted by Gasteiger charge is 2.16. The Bertz CT molecular complexity index is 443. The van der Waals surface area contributed by atoms with Crippen LogP contribution < -0.4 is 10.6 Å².